The van der Waals surface area contributed by atoms with E-state index < -0.39 is 5.97 Å². The number of carboxylic acid groups (broad SMARTS) is 1. The van der Waals surface area contributed by atoms with Crippen molar-refractivity contribution in [1.82, 2.24) is 4.90 Å². The molecule has 0 atom stereocenters. The van der Waals surface area contributed by atoms with Crippen LogP contribution in [0.1, 0.15) is 19.3 Å². The number of benzene rings is 1. The van der Waals surface area contributed by atoms with Crippen LogP contribution in [0.25, 0.3) is 0 Å². The third kappa shape index (κ3) is 5.13. The summed E-state index contributed by atoms with van der Waals surface area (Å²) in [5.74, 6) is 0.538. The first-order valence-electron chi connectivity index (χ1n) is 6.96. The van der Waals surface area contributed by atoms with Gasteiger partial charge in [-0.05, 0) is 50.0 Å². The van der Waals surface area contributed by atoms with E-state index >= 15 is 0 Å². The van der Waals surface area contributed by atoms with E-state index in [1.807, 2.05) is 24.3 Å². The fraction of sp³-hybridized carbons (Fsp3) is 0.533. The highest BCUT2D eigenvalue weighted by Crippen LogP contribution is 2.21. The topological polar surface area (TPSA) is 49.8 Å². The minimum Gasteiger partial charge on any atom is -0.492 e. The van der Waals surface area contributed by atoms with Gasteiger partial charge in [0.1, 0.15) is 12.4 Å². The highest BCUT2D eigenvalue weighted by molar-refractivity contribution is 9.10. The van der Waals surface area contributed by atoms with Gasteiger partial charge >= 0.3 is 5.97 Å². The average molecular weight is 342 g/mol. The molecule has 0 aromatic heterocycles. The van der Waals surface area contributed by atoms with Crippen molar-refractivity contribution in [3.05, 3.63) is 28.7 Å². The van der Waals surface area contributed by atoms with E-state index in [1.165, 1.54) is 0 Å². The molecule has 0 spiro atoms. The average Bonchev–Trinajstić information content (AvgIpc) is 2.40. The molecule has 110 valence electrons. The summed E-state index contributed by atoms with van der Waals surface area (Å²) < 4.78 is 6.73. The first-order valence-corrected chi connectivity index (χ1v) is 7.75. The summed E-state index contributed by atoms with van der Waals surface area (Å²) in [6.45, 7) is 3.51. The van der Waals surface area contributed by atoms with Gasteiger partial charge in [0.15, 0.2) is 0 Å². The van der Waals surface area contributed by atoms with Gasteiger partial charge in [0.2, 0.25) is 0 Å². The number of piperidine rings is 1. The highest BCUT2D eigenvalue weighted by Gasteiger charge is 2.20. The van der Waals surface area contributed by atoms with Crippen molar-refractivity contribution in [3.8, 4) is 5.75 Å². The van der Waals surface area contributed by atoms with Crippen molar-refractivity contribution in [1.29, 1.82) is 0 Å². The first-order chi connectivity index (χ1) is 9.63. The molecule has 1 heterocycles. The summed E-state index contributed by atoms with van der Waals surface area (Å²) in [6.07, 6.45) is 2.26. The molecule has 0 radical (unpaired) electrons. The Kier molecular flexibility index (Phi) is 5.86. The Bertz CT molecular complexity index is 444. The number of ether oxygens (including phenoxy) is 1. The normalized spacial score (nSPS) is 17.1. The molecule has 0 aliphatic carbocycles. The van der Waals surface area contributed by atoms with Gasteiger partial charge in [-0.2, -0.15) is 0 Å². The number of rotatable bonds is 6. The molecule has 1 aromatic rings. The summed E-state index contributed by atoms with van der Waals surface area (Å²) in [6, 6.07) is 7.83. The van der Waals surface area contributed by atoms with E-state index in [2.05, 4.69) is 20.8 Å². The second kappa shape index (κ2) is 7.64. The molecular formula is C15H20BrNO3. The molecule has 1 N–H and O–H groups in total. The molecule has 2 rings (SSSR count). The number of hydrogen-bond acceptors (Lipinski definition) is 3. The van der Waals surface area contributed by atoms with Crippen molar-refractivity contribution in [3.63, 3.8) is 0 Å². The molecule has 0 saturated carbocycles. The van der Waals surface area contributed by atoms with Crippen LogP contribution in [0.5, 0.6) is 5.75 Å². The second-order valence-electron chi connectivity index (χ2n) is 5.19. The van der Waals surface area contributed by atoms with Crippen molar-refractivity contribution >= 4 is 21.9 Å². The van der Waals surface area contributed by atoms with Crippen LogP contribution in [0.2, 0.25) is 0 Å². The van der Waals surface area contributed by atoms with Crippen LogP contribution in [0.3, 0.4) is 0 Å². The van der Waals surface area contributed by atoms with Crippen molar-refractivity contribution in [2.75, 3.05) is 26.2 Å². The quantitative estimate of drug-likeness (QED) is 0.863. The van der Waals surface area contributed by atoms with Gasteiger partial charge in [-0.15, -0.1) is 0 Å². The SMILES string of the molecule is O=C(O)CC1CCN(CCOc2cccc(Br)c2)CC1. The largest absolute Gasteiger partial charge is 0.492 e. The van der Waals surface area contributed by atoms with Gasteiger partial charge in [-0.3, -0.25) is 9.69 Å². The Balaban J connectivity index is 1.65. The fourth-order valence-electron chi connectivity index (χ4n) is 2.51. The van der Waals surface area contributed by atoms with Gasteiger partial charge in [-0.25, -0.2) is 0 Å². The summed E-state index contributed by atoms with van der Waals surface area (Å²) in [5.41, 5.74) is 0. The van der Waals surface area contributed by atoms with Crippen LogP contribution >= 0.6 is 15.9 Å². The zero-order chi connectivity index (χ0) is 14.4. The molecule has 0 amide bonds. The summed E-state index contributed by atoms with van der Waals surface area (Å²) in [5, 5.41) is 8.78. The van der Waals surface area contributed by atoms with Crippen LogP contribution in [0.4, 0.5) is 0 Å². The molecule has 20 heavy (non-hydrogen) atoms. The monoisotopic (exact) mass is 341 g/mol. The lowest BCUT2D eigenvalue weighted by Crippen LogP contribution is -2.37. The van der Waals surface area contributed by atoms with Gasteiger partial charge < -0.3 is 9.84 Å². The zero-order valence-corrected chi connectivity index (χ0v) is 13.0. The van der Waals surface area contributed by atoms with Crippen LogP contribution < -0.4 is 4.74 Å². The Morgan fingerprint density at radius 3 is 2.80 bits per heavy atom. The Hall–Kier alpha value is -1.07. The number of likely N-dealkylation sites (tertiary alicyclic amines) is 1. The molecule has 1 aromatic carbocycles. The fourth-order valence-corrected chi connectivity index (χ4v) is 2.89. The lowest BCUT2D eigenvalue weighted by Gasteiger charge is -2.31. The van der Waals surface area contributed by atoms with E-state index in [0.29, 0.717) is 18.9 Å². The highest BCUT2D eigenvalue weighted by atomic mass is 79.9. The molecular weight excluding hydrogens is 322 g/mol. The number of halogens is 1. The smallest absolute Gasteiger partial charge is 0.303 e. The third-order valence-corrected chi connectivity index (χ3v) is 4.14. The Morgan fingerprint density at radius 1 is 1.40 bits per heavy atom. The van der Waals surface area contributed by atoms with Gasteiger partial charge in [0, 0.05) is 17.4 Å². The second-order valence-corrected chi connectivity index (χ2v) is 6.10. The van der Waals surface area contributed by atoms with Crippen LogP contribution in [0, 0.1) is 5.92 Å². The summed E-state index contributed by atoms with van der Waals surface area (Å²) in [4.78, 5) is 13.0. The molecule has 1 aliphatic rings. The van der Waals surface area contributed by atoms with Crippen LogP contribution in [-0.2, 0) is 4.79 Å². The molecule has 1 fully saturated rings. The molecule has 1 saturated heterocycles. The molecule has 4 nitrogen and oxygen atoms in total. The maximum absolute atomic E-state index is 10.7. The molecule has 0 bridgehead atoms. The van der Waals surface area contributed by atoms with E-state index in [9.17, 15) is 4.79 Å². The number of nitrogens with zero attached hydrogens (tertiary/aromatic N) is 1. The minimum atomic E-state index is -0.679. The van der Waals surface area contributed by atoms with E-state index in [1.54, 1.807) is 0 Å². The number of carbonyl (C=O) groups is 1. The maximum atomic E-state index is 10.7. The van der Waals surface area contributed by atoms with E-state index in [0.717, 1.165) is 42.7 Å². The zero-order valence-electron chi connectivity index (χ0n) is 11.4. The van der Waals surface area contributed by atoms with Crippen molar-refractivity contribution < 1.29 is 14.6 Å². The predicted octanol–water partition coefficient (Wildman–Crippen LogP) is 3.01. The minimum absolute atomic E-state index is 0.308. The van der Waals surface area contributed by atoms with E-state index in [-0.39, 0.29) is 0 Å². The standard InChI is InChI=1S/C15H20BrNO3/c16-13-2-1-3-14(11-13)20-9-8-17-6-4-12(5-7-17)10-15(18)19/h1-3,11-12H,4-10H2,(H,18,19). The van der Waals surface area contributed by atoms with Crippen LogP contribution in [-0.4, -0.2) is 42.2 Å². The van der Waals surface area contributed by atoms with Gasteiger partial charge in [-0.1, -0.05) is 22.0 Å². The van der Waals surface area contributed by atoms with Crippen molar-refractivity contribution in [2.45, 2.75) is 19.3 Å². The Labute approximate surface area is 127 Å². The number of aliphatic carboxylic acids is 1. The van der Waals surface area contributed by atoms with Gasteiger partial charge in [0.25, 0.3) is 0 Å². The summed E-state index contributed by atoms with van der Waals surface area (Å²) in [7, 11) is 0. The van der Waals surface area contributed by atoms with E-state index in [4.69, 9.17) is 9.84 Å². The Morgan fingerprint density at radius 2 is 2.15 bits per heavy atom. The lowest BCUT2D eigenvalue weighted by molar-refractivity contribution is -0.138. The van der Waals surface area contributed by atoms with Crippen molar-refractivity contribution in [2.24, 2.45) is 5.92 Å². The summed E-state index contributed by atoms with van der Waals surface area (Å²) >= 11 is 3.42. The molecule has 5 heteroatoms. The lowest BCUT2D eigenvalue weighted by atomic mass is 9.94. The maximum Gasteiger partial charge on any atom is 0.303 e. The molecule has 0 unspecified atom stereocenters. The van der Waals surface area contributed by atoms with Crippen LogP contribution in [0.15, 0.2) is 28.7 Å². The number of carboxylic acids is 1. The van der Waals surface area contributed by atoms with Gasteiger partial charge in [0.05, 0.1) is 0 Å². The third-order valence-electron chi connectivity index (χ3n) is 3.64. The molecule has 1 aliphatic heterocycles. The predicted molar refractivity (Wildman–Crippen MR) is 81.1 cm³/mol. The first kappa shape index (κ1) is 15.3. The number of hydrogen-bond donors (Lipinski definition) is 1.